The van der Waals surface area contributed by atoms with Crippen molar-refractivity contribution in [3.05, 3.63) is 24.3 Å². The Labute approximate surface area is 96.9 Å². The Morgan fingerprint density at radius 1 is 1.44 bits per heavy atom. The van der Waals surface area contributed by atoms with Crippen LogP contribution < -0.4 is 5.32 Å². The molecule has 0 aliphatic carbocycles. The molecule has 1 aromatic heterocycles. The summed E-state index contributed by atoms with van der Waals surface area (Å²) in [6, 6.07) is 7.91. The normalized spacial score (nSPS) is 12.8. The van der Waals surface area contributed by atoms with Crippen LogP contribution in [0.25, 0.3) is 11.0 Å². The lowest BCUT2D eigenvalue weighted by molar-refractivity contribution is 0.685. The van der Waals surface area contributed by atoms with Crippen LogP contribution in [0.2, 0.25) is 0 Å². The zero-order valence-corrected chi connectivity index (χ0v) is 10.0. The molecule has 86 valence electrons. The maximum absolute atomic E-state index is 10.9. The third-order valence-electron chi connectivity index (χ3n) is 2.29. The molecule has 2 aromatic rings. The summed E-state index contributed by atoms with van der Waals surface area (Å²) in [7, 11) is -0.709. The number of aromatic nitrogens is 2. The molecule has 2 rings (SSSR count). The molecule has 2 N–H and O–H groups in total. The van der Waals surface area contributed by atoms with E-state index in [1.165, 1.54) is 0 Å². The van der Waals surface area contributed by atoms with Crippen molar-refractivity contribution in [2.75, 3.05) is 23.9 Å². The quantitative estimate of drug-likeness (QED) is 0.779. The van der Waals surface area contributed by atoms with Crippen molar-refractivity contribution in [1.82, 2.24) is 9.97 Å². The molecule has 4 nitrogen and oxygen atoms in total. The minimum atomic E-state index is -0.709. The Kier molecular flexibility index (Phi) is 3.56. The third-order valence-corrected chi connectivity index (χ3v) is 3.15. The van der Waals surface area contributed by atoms with Crippen LogP contribution >= 0.6 is 0 Å². The van der Waals surface area contributed by atoms with Crippen molar-refractivity contribution >= 4 is 27.8 Å². The number of benzene rings is 1. The SMILES string of the molecule is CS(=O)CCCNc1nc2ccccc2[nH]1. The average molecular weight is 237 g/mol. The molecule has 0 saturated carbocycles. The molecule has 0 bridgehead atoms. The van der Waals surface area contributed by atoms with Gasteiger partial charge in [0.05, 0.1) is 11.0 Å². The molecule has 1 heterocycles. The highest BCUT2D eigenvalue weighted by molar-refractivity contribution is 7.84. The summed E-state index contributed by atoms with van der Waals surface area (Å²) in [5.41, 5.74) is 1.99. The van der Waals surface area contributed by atoms with Gasteiger partial charge in [0.15, 0.2) is 0 Å². The van der Waals surface area contributed by atoms with Crippen LogP contribution in [0.5, 0.6) is 0 Å². The second-order valence-electron chi connectivity index (χ2n) is 3.66. The fourth-order valence-electron chi connectivity index (χ4n) is 1.52. The topological polar surface area (TPSA) is 57.8 Å². The fraction of sp³-hybridized carbons (Fsp3) is 0.364. The number of imidazole rings is 1. The second kappa shape index (κ2) is 5.12. The summed E-state index contributed by atoms with van der Waals surface area (Å²) in [4.78, 5) is 7.57. The maximum Gasteiger partial charge on any atom is 0.201 e. The van der Waals surface area contributed by atoms with Crippen LogP contribution in [0.3, 0.4) is 0 Å². The van der Waals surface area contributed by atoms with Gasteiger partial charge in [-0.3, -0.25) is 4.21 Å². The van der Waals surface area contributed by atoms with Gasteiger partial charge in [-0.1, -0.05) is 12.1 Å². The molecule has 0 aliphatic rings. The lowest BCUT2D eigenvalue weighted by atomic mass is 10.3. The molecule has 0 amide bonds. The molecular weight excluding hydrogens is 222 g/mol. The Morgan fingerprint density at radius 3 is 3.00 bits per heavy atom. The van der Waals surface area contributed by atoms with E-state index in [1.54, 1.807) is 6.26 Å². The summed E-state index contributed by atoms with van der Waals surface area (Å²) in [6.07, 6.45) is 2.61. The number of fused-ring (bicyclic) bond motifs is 1. The molecular formula is C11H15N3OS. The lowest BCUT2D eigenvalue weighted by Gasteiger charge is -2.00. The first-order chi connectivity index (χ1) is 7.75. The smallest absolute Gasteiger partial charge is 0.201 e. The van der Waals surface area contributed by atoms with Crippen molar-refractivity contribution in [3.63, 3.8) is 0 Å². The summed E-state index contributed by atoms with van der Waals surface area (Å²) >= 11 is 0. The fourth-order valence-corrected chi connectivity index (χ4v) is 2.07. The number of nitrogens with zero attached hydrogens (tertiary/aromatic N) is 1. The van der Waals surface area contributed by atoms with Crippen LogP contribution in [0.1, 0.15) is 6.42 Å². The van der Waals surface area contributed by atoms with Gasteiger partial charge in [-0.15, -0.1) is 0 Å². The number of anilines is 1. The number of aromatic amines is 1. The van der Waals surface area contributed by atoms with E-state index in [-0.39, 0.29) is 0 Å². The Morgan fingerprint density at radius 2 is 2.25 bits per heavy atom. The minimum Gasteiger partial charge on any atom is -0.356 e. The first-order valence-corrected chi connectivity index (χ1v) is 6.97. The highest BCUT2D eigenvalue weighted by Gasteiger charge is 2.00. The predicted octanol–water partition coefficient (Wildman–Crippen LogP) is 1.74. The van der Waals surface area contributed by atoms with Gasteiger partial charge in [-0.2, -0.15) is 0 Å². The van der Waals surface area contributed by atoms with E-state index < -0.39 is 10.8 Å². The van der Waals surface area contributed by atoms with Gasteiger partial charge in [0.2, 0.25) is 5.95 Å². The van der Waals surface area contributed by atoms with Crippen LogP contribution in [0, 0.1) is 0 Å². The van der Waals surface area contributed by atoms with Crippen molar-refractivity contribution < 1.29 is 4.21 Å². The molecule has 1 aromatic carbocycles. The Hall–Kier alpha value is -1.36. The summed E-state index contributed by atoms with van der Waals surface area (Å²) in [5.74, 6) is 1.51. The van der Waals surface area contributed by atoms with Crippen molar-refractivity contribution in [3.8, 4) is 0 Å². The summed E-state index contributed by atoms with van der Waals surface area (Å²) in [6.45, 7) is 0.791. The van der Waals surface area contributed by atoms with E-state index in [9.17, 15) is 4.21 Å². The lowest BCUT2D eigenvalue weighted by Crippen LogP contribution is -2.06. The number of H-pyrrole nitrogens is 1. The van der Waals surface area contributed by atoms with Gasteiger partial charge >= 0.3 is 0 Å². The van der Waals surface area contributed by atoms with Gasteiger partial charge in [-0.25, -0.2) is 4.98 Å². The van der Waals surface area contributed by atoms with Crippen molar-refractivity contribution in [2.45, 2.75) is 6.42 Å². The first kappa shape index (κ1) is 11.1. The van der Waals surface area contributed by atoms with E-state index in [1.807, 2.05) is 24.3 Å². The zero-order valence-electron chi connectivity index (χ0n) is 9.19. The Bertz CT molecular complexity index is 462. The van der Waals surface area contributed by atoms with Gasteiger partial charge < -0.3 is 10.3 Å². The average Bonchev–Trinajstić information content (AvgIpc) is 2.66. The standard InChI is InChI=1S/C11H15N3OS/c1-16(15)8-4-7-12-11-13-9-5-2-3-6-10(9)14-11/h2-3,5-6H,4,7-8H2,1H3,(H2,12,13,14). The minimum absolute atomic E-state index is 0.709. The number of hydrogen-bond acceptors (Lipinski definition) is 3. The number of rotatable bonds is 5. The molecule has 5 heteroatoms. The van der Waals surface area contributed by atoms with E-state index >= 15 is 0 Å². The largest absolute Gasteiger partial charge is 0.356 e. The van der Waals surface area contributed by atoms with Gasteiger partial charge in [0.1, 0.15) is 0 Å². The highest BCUT2D eigenvalue weighted by Crippen LogP contribution is 2.12. The molecule has 0 spiro atoms. The van der Waals surface area contributed by atoms with Gasteiger partial charge in [0, 0.05) is 29.4 Å². The Balaban J connectivity index is 1.92. The predicted molar refractivity (Wildman–Crippen MR) is 68.1 cm³/mol. The maximum atomic E-state index is 10.9. The summed E-state index contributed by atoms with van der Waals surface area (Å²) in [5, 5.41) is 3.19. The first-order valence-electron chi connectivity index (χ1n) is 5.24. The third kappa shape index (κ3) is 2.82. The van der Waals surface area contributed by atoms with Gasteiger partial charge in [-0.05, 0) is 18.6 Å². The monoisotopic (exact) mass is 237 g/mol. The molecule has 1 unspecified atom stereocenters. The summed E-state index contributed by atoms with van der Waals surface area (Å²) < 4.78 is 10.9. The van der Waals surface area contributed by atoms with E-state index in [4.69, 9.17) is 0 Å². The molecule has 0 saturated heterocycles. The zero-order chi connectivity index (χ0) is 11.4. The molecule has 0 radical (unpaired) electrons. The van der Waals surface area contributed by atoms with E-state index in [0.29, 0.717) is 0 Å². The molecule has 1 atom stereocenters. The van der Waals surface area contributed by atoms with Gasteiger partial charge in [0.25, 0.3) is 0 Å². The second-order valence-corrected chi connectivity index (χ2v) is 5.21. The number of hydrogen-bond donors (Lipinski definition) is 2. The number of nitrogens with one attached hydrogen (secondary N) is 2. The number of para-hydroxylation sites is 2. The van der Waals surface area contributed by atoms with Crippen LogP contribution in [-0.4, -0.2) is 32.7 Å². The van der Waals surface area contributed by atoms with Crippen LogP contribution in [-0.2, 0) is 10.8 Å². The van der Waals surface area contributed by atoms with E-state index in [2.05, 4.69) is 15.3 Å². The molecule has 0 fully saturated rings. The molecule has 16 heavy (non-hydrogen) atoms. The van der Waals surface area contributed by atoms with E-state index in [0.717, 1.165) is 35.7 Å². The van der Waals surface area contributed by atoms with Crippen LogP contribution in [0.15, 0.2) is 24.3 Å². The van der Waals surface area contributed by atoms with Crippen molar-refractivity contribution in [1.29, 1.82) is 0 Å². The molecule has 0 aliphatic heterocycles. The van der Waals surface area contributed by atoms with Crippen LogP contribution in [0.4, 0.5) is 5.95 Å². The highest BCUT2D eigenvalue weighted by atomic mass is 32.2. The van der Waals surface area contributed by atoms with Crippen molar-refractivity contribution in [2.24, 2.45) is 0 Å².